The van der Waals surface area contributed by atoms with Crippen LogP contribution in [0.4, 0.5) is 28.9 Å². The SMILES string of the molecule is COc1cc(C(F)(F)F)c(C(=O)Nc2c(N3C[C@@H](C)N(C)[C@@H](C)C3)cc(F)c(-c3ccccc3)c2C=O)cn1. The van der Waals surface area contributed by atoms with Gasteiger partial charge in [-0.1, -0.05) is 30.3 Å². The Kier molecular flexibility index (Phi) is 7.91. The molecule has 1 aliphatic rings. The molecule has 0 saturated carbocycles. The van der Waals surface area contributed by atoms with Crippen LogP contribution in [0, 0.1) is 5.82 Å². The number of nitrogens with zero attached hydrogens (tertiary/aromatic N) is 3. The first-order valence-electron chi connectivity index (χ1n) is 12.2. The summed E-state index contributed by atoms with van der Waals surface area (Å²) in [5.41, 5.74) is -1.78. The fourth-order valence-electron chi connectivity index (χ4n) is 4.80. The second-order valence-electron chi connectivity index (χ2n) is 9.52. The molecule has 0 unspecified atom stereocenters. The lowest BCUT2D eigenvalue weighted by Gasteiger charge is -2.44. The number of halogens is 4. The van der Waals surface area contributed by atoms with E-state index >= 15 is 4.39 Å². The number of aldehydes is 1. The fourth-order valence-corrected chi connectivity index (χ4v) is 4.80. The zero-order valence-electron chi connectivity index (χ0n) is 21.8. The van der Waals surface area contributed by atoms with Crippen LogP contribution < -0.4 is 15.0 Å². The van der Waals surface area contributed by atoms with Crippen LogP contribution in [0.25, 0.3) is 11.1 Å². The molecule has 206 valence electrons. The number of carbonyl (C=O) groups excluding carboxylic acids is 2. The first-order valence-corrected chi connectivity index (χ1v) is 12.2. The quantitative estimate of drug-likeness (QED) is 0.326. The predicted molar refractivity (Wildman–Crippen MR) is 140 cm³/mol. The van der Waals surface area contributed by atoms with Crippen molar-refractivity contribution in [3.8, 4) is 17.0 Å². The van der Waals surface area contributed by atoms with E-state index in [1.54, 1.807) is 30.3 Å². The van der Waals surface area contributed by atoms with Gasteiger partial charge in [0.15, 0.2) is 6.29 Å². The molecule has 2 atom stereocenters. The molecule has 1 saturated heterocycles. The van der Waals surface area contributed by atoms with Gasteiger partial charge in [0, 0.05) is 43.0 Å². The average Bonchev–Trinajstić information content (AvgIpc) is 2.91. The smallest absolute Gasteiger partial charge is 0.417 e. The molecular weight excluding hydrogens is 516 g/mol. The molecule has 0 aliphatic carbocycles. The number of ether oxygens (including phenoxy) is 1. The first kappa shape index (κ1) is 28.0. The van der Waals surface area contributed by atoms with Gasteiger partial charge >= 0.3 is 6.18 Å². The molecule has 0 bridgehead atoms. The average molecular weight is 545 g/mol. The van der Waals surface area contributed by atoms with Crippen LogP contribution in [0.2, 0.25) is 0 Å². The third-order valence-corrected chi connectivity index (χ3v) is 7.05. The Bertz CT molecular complexity index is 1370. The van der Waals surface area contributed by atoms with Gasteiger partial charge in [0.2, 0.25) is 5.88 Å². The van der Waals surface area contributed by atoms with Gasteiger partial charge in [0.1, 0.15) is 5.82 Å². The molecule has 1 N–H and O–H groups in total. The molecule has 0 spiro atoms. The van der Waals surface area contributed by atoms with E-state index in [0.29, 0.717) is 31.0 Å². The summed E-state index contributed by atoms with van der Waals surface area (Å²) >= 11 is 0. The summed E-state index contributed by atoms with van der Waals surface area (Å²) in [6.45, 7) is 4.83. The minimum atomic E-state index is -4.89. The molecule has 39 heavy (non-hydrogen) atoms. The number of rotatable bonds is 6. The van der Waals surface area contributed by atoms with Gasteiger partial charge < -0.3 is 15.0 Å². The third-order valence-electron chi connectivity index (χ3n) is 7.05. The van der Waals surface area contributed by atoms with Crippen molar-refractivity contribution in [3.63, 3.8) is 0 Å². The second kappa shape index (κ2) is 11.0. The zero-order valence-corrected chi connectivity index (χ0v) is 21.8. The number of benzene rings is 2. The maximum Gasteiger partial charge on any atom is 0.417 e. The number of alkyl halides is 3. The molecule has 7 nitrogen and oxygen atoms in total. The number of hydrogen-bond donors (Lipinski definition) is 1. The Morgan fingerprint density at radius 1 is 1.13 bits per heavy atom. The molecule has 1 aromatic heterocycles. The third kappa shape index (κ3) is 5.58. The van der Waals surface area contributed by atoms with Crippen LogP contribution in [0.5, 0.6) is 5.88 Å². The molecule has 1 fully saturated rings. The number of nitrogens with one attached hydrogen (secondary N) is 1. The number of pyridine rings is 1. The number of piperazine rings is 1. The van der Waals surface area contributed by atoms with Gasteiger partial charge in [0.05, 0.1) is 35.2 Å². The highest BCUT2D eigenvalue weighted by Crippen LogP contribution is 2.40. The maximum atomic E-state index is 15.7. The molecule has 3 aromatic rings. The highest BCUT2D eigenvalue weighted by atomic mass is 19.4. The molecule has 0 radical (unpaired) electrons. The van der Waals surface area contributed by atoms with E-state index in [1.165, 1.54) is 6.07 Å². The van der Waals surface area contributed by atoms with Crippen molar-refractivity contribution in [2.75, 3.05) is 37.5 Å². The van der Waals surface area contributed by atoms with E-state index in [-0.39, 0.29) is 40.5 Å². The molecule has 1 amide bonds. The standard InChI is InChI=1S/C28H28F4N4O3/c1-16-13-36(14-17(2)35(16)3)23-11-22(29)25(18-8-6-5-7-9-18)20(15-37)26(23)34-27(38)19-12-33-24(39-4)10-21(19)28(30,31)32/h5-12,15-17H,13-14H2,1-4H3,(H,34,38)/t16-,17+. The molecule has 1 aliphatic heterocycles. The van der Waals surface area contributed by atoms with Crippen molar-refractivity contribution in [2.24, 2.45) is 0 Å². The van der Waals surface area contributed by atoms with Crippen LogP contribution in [0.15, 0.2) is 48.7 Å². The minimum Gasteiger partial charge on any atom is -0.481 e. The van der Waals surface area contributed by atoms with Crippen LogP contribution in [-0.4, -0.2) is 61.4 Å². The molecule has 2 aromatic carbocycles. The number of anilines is 2. The summed E-state index contributed by atoms with van der Waals surface area (Å²) in [4.78, 5) is 33.6. The van der Waals surface area contributed by atoms with Crippen LogP contribution in [0.3, 0.4) is 0 Å². The number of carbonyl (C=O) groups is 2. The van der Waals surface area contributed by atoms with Crippen molar-refractivity contribution in [3.05, 3.63) is 71.2 Å². The van der Waals surface area contributed by atoms with Crippen molar-refractivity contribution in [1.29, 1.82) is 0 Å². The van der Waals surface area contributed by atoms with Gasteiger partial charge in [0.25, 0.3) is 5.91 Å². The highest BCUT2D eigenvalue weighted by molar-refractivity contribution is 6.11. The van der Waals surface area contributed by atoms with Crippen molar-refractivity contribution in [1.82, 2.24) is 9.88 Å². The summed E-state index contributed by atoms with van der Waals surface area (Å²) in [5.74, 6) is -2.16. The maximum absolute atomic E-state index is 15.7. The van der Waals surface area contributed by atoms with E-state index in [4.69, 9.17) is 4.74 Å². The van der Waals surface area contributed by atoms with Crippen molar-refractivity contribution in [2.45, 2.75) is 32.1 Å². The highest BCUT2D eigenvalue weighted by Gasteiger charge is 2.37. The lowest BCUT2D eigenvalue weighted by molar-refractivity contribution is -0.138. The van der Waals surface area contributed by atoms with Gasteiger partial charge in [-0.25, -0.2) is 9.37 Å². The van der Waals surface area contributed by atoms with Gasteiger partial charge in [-0.15, -0.1) is 0 Å². The molecule has 2 heterocycles. The lowest BCUT2D eigenvalue weighted by atomic mass is 9.95. The Hall–Kier alpha value is -3.99. The van der Waals surface area contributed by atoms with E-state index < -0.39 is 29.0 Å². The number of likely N-dealkylation sites (N-methyl/N-ethyl adjacent to an activating group) is 1. The largest absolute Gasteiger partial charge is 0.481 e. The summed E-state index contributed by atoms with van der Waals surface area (Å²) in [6, 6.07) is 10.2. The normalized spacial score (nSPS) is 18.1. The predicted octanol–water partition coefficient (Wildman–Crippen LogP) is 5.51. The van der Waals surface area contributed by atoms with E-state index in [9.17, 15) is 22.8 Å². The molecule has 11 heteroatoms. The van der Waals surface area contributed by atoms with Crippen molar-refractivity contribution < 1.29 is 31.9 Å². The second-order valence-corrected chi connectivity index (χ2v) is 9.52. The summed E-state index contributed by atoms with van der Waals surface area (Å²) in [6.07, 6.45) is -3.72. The van der Waals surface area contributed by atoms with Gasteiger partial charge in [-0.05, 0) is 32.5 Å². The summed E-state index contributed by atoms with van der Waals surface area (Å²) in [7, 11) is 3.12. The number of aromatic nitrogens is 1. The Morgan fingerprint density at radius 2 is 1.77 bits per heavy atom. The van der Waals surface area contributed by atoms with E-state index in [1.807, 2.05) is 25.8 Å². The monoisotopic (exact) mass is 544 g/mol. The summed E-state index contributed by atoms with van der Waals surface area (Å²) in [5, 5.41) is 2.50. The Balaban J connectivity index is 1.90. The Morgan fingerprint density at radius 3 is 2.33 bits per heavy atom. The Labute approximate surface area is 223 Å². The van der Waals surface area contributed by atoms with Gasteiger partial charge in [-0.2, -0.15) is 13.2 Å². The number of hydrogen-bond acceptors (Lipinski definition) is 6. The van der Waals surface area contributed by atoms with Crippen LogP contribution >= 0.6 is 0 Å². The summed E-state index contributed by atoms with van der Waals surface area (Å²) < 4.78 is 62.1. The number of methoxy groups -OCH3 is 1. The number of amides is 1. The van der Waals surface area contributed by atoms with Crippen LogP contribution in [0.1, 0.15) is 40.1 Å². The lowest BCUT2D eigenvalue weighted by Crippen LogP contribution is -2.55. The zero-order chi connectivity index (χ0) is 28.5. The van der Waals surface area contributed by atoms with Crippen LogP contribution in [-0.2, 0) is 6.18 Å². The molecular formula is C28H28F4N4O3. The van der Waals surface area contributed by atoms with E-state index in [2.05, 4.69) is 15.2 Å². The van der Waals surface area contributed by atoms with Gasteiger partial charge in [-0.3, -0.25) is 14.5 Å². The minimum absolute atomic E-state index is 0.0384. The first-order chi connectivity index (χ1) is 18.5. The fraction of sp³-hybridized carbons (Fsp3) is 0.321. The topological polar surface area (TPSA) is 74.8 Å². The molecule has 4 rings (SSSR count). The van der Waals surface area contributed by atoms with Crippen molar-refractivity contribution >= 4 is 23.6 Å². The van der Waals surface area contributed by atoms with E-state index in [0.717, 1.165) is 13.3 Å².